The van der Waals surface area contributed by atoms with Crippen LogP contribution in [0.4, 0.5) is 5.69 Å². The molecule has 0 saturated heterocycles. The van der Waals surface area contributed by atoms with Gasteiger partial charge >= 0.3 is 0 Å². The third-order valence-corrected chi connectivity index (χ3v) is 3.97. The molecule has 0 aliphatic carbocycles. The first-order valence-electron chi connectivity index (χ1n) is 7.24. The fourth-order valence-electron chi connectivity index (χ4n) is 2.76. The van der Waals surface area contributed by atoms with E-state index >= 15 is 0 Å². The standard InChI is InChI=1S/C18H19NO/c1-2-14-7-9-15(10-8-14)13-18(20)19-12-11-16-5-3-4-6-17(16)19/h3-10H,2,11-13H2,1H3. The summed E-state index contributed by atoms with van der Waals surface area (Å²) < 4.78 is 0. The molecule has 1 aliphatic heterocycles. The van der Waals surface area contributed by atoms with Crippen molar-refractivity contribution in [2.45, 2.75) is 26.2 Å². The van der Waals surface area contributed by atoms with Crippen molar-refractivity contribution in [2.24, 2.45) is 0 Å². The number of nitrogens with zero attached hydrogens (tertiary/aromatic N) is 1. The van der Waals surface area contributed by atoms with Gasteiger partial charge in [0.25, 0.3) is 0 Å². The lowest BCUT2D eigenvalue weighted by Gasteiger charge is -2.17. The topological polar surface area (TPSA) is 20.3 Å². The quantitative estimate of drug-likeness (QED) is 0.833. The number of carbonyl (C=O) groups excluding carboxylic acids is 1. The van der Waals surface area contributed by atoms with Crippen molar-refractivity contribution in [1.82, 2.24) is 0 Å². The Kier molecular flexibility index (Phi) is 3.55. The predicted molar refractivity (Wildman–Crippen MR) is 82.0 cm³/mol. The van der Waals surface area contributed by atoms with Crippen LogP contribution in [0.3, 0.4) is 0 Å². The van der Waals surface area contributed by atoms with E-state index in [9.17, 15) is 4.79 Å². The molecule has 0 fully saturated rings. The van der Waals surface area contributed by atoms with E-state index in [1.807, 2.05) is 23.1 Å². The first-order chi connectivity index (χ1) is 9.78. The number of hydrogen-bond donors (Lipinski definition) is 0. The van der Waals surface area contributed by atoms with E-state index in [0.717, 1.165) is 30.6 Å². The highest BCUT2D eigenvalue weighted by Crippen LogP contribution is 2.27. The second-order valence-corrected chi connectivity index (χ2v) is 5.27. The molecule has 0 N–H and O–H groups in total. The highest BCUT2D eigenvalue weighted by Gasteiger charge is 2.23. The molecule has 20 heavy (non-hydrogen) atoms. The molecule has 2 aromatic rings. The Morgan fingerprint density at radius 1 is 1.05 bits per heavy atom. The first kappa shape index (κ1) is 12.9. The molecule has 0 aromatic heterocycles. The van der Waals surface area contributed by atoms with Gasteiger partial charge in [0.1, 0.15) is 0 Å². The van der Waals surface area contributed by atoms with Gasteiger partial charge in [-0.2, -0.15) is 0 Å². The summed E-state index contributed by atoms with van der Waals surface area (Å²) in [4.78, 5) is 14.4. The van der Waals surface area contributed by atoms with E-state index < -0.39 is 0 Å². The highest BCUT2D eigenvalue weighted by molar-refractivity contribution is 5.96. The molecule has 2 heteroatoms. The van der Waals surface area contributed by atoms with Crippen LogP contribution in [0, 0.1) is 0 Å². The van der Waals surface area contributed by atoms with Crippen LogP contribution in [0.15, 0.2) is 48.5 Å². The van der Waals surface area contributed by atoms with E-state index in [-0.39, 0.29) is 5.91 Å². The summed E-state index contributed by atoms with van der Waals surface area (Å²) in [6.07, 6.45) is 2.49. The van der Waals surface area contributed by atoms with Crippen LogP contribution >= 0.6 is 0 Å². The lowest BCUT2D eigenvalue weighted by atomic mass is 10.1. The normalized spacial score (nSPS) is 13.3. The van der Waals surface area contributed by atoms with Crippen LogP contribution in [-0.2, 0) is 24.1 Å². The van der Waals surface area contributed by atoms with Crippen molar-refractivity contribution in [3.8, 4) is 0 Å². The smallest absolute Gasteiger partial charge is 0.231 e. The molecule has 0 unspecified atom stereocenters. The number of amides is 1. The molecule has 0 bridgehead atoms. The number of rotatable bonds is 3. The van der Waals surface area contributed by atoms with Crippen molar-refractivity contribution in [3.05, 3.63) is 65.2 Å². The Hall–Kier alpha value is -2.09. The van der Waals surface area contributed by atoms with Gasteiger partial charge in [0.05, 0.1) is 6.42 Å². The summed E-state index contributed by atoms with van der Waals surface area (Å²) in [5.74, 6) is 0.194. The molecule has 0 spiro atoms. The summed E-state index contributed by atoms with van der Waals surface area (Å²) in [6, 6.07) is 16.5. The molecule has 2 nitrogen and oxygen atoms in total. The summed E-state index contributed by atoms with van der Waals surface area (Å²) in [5, 5.41) is 0. The lowest BCUT2D eigenvalue weighted by molar-refractivity contribution is -0.117. The van der Waals surface area contributed by atoms with E-state index in [1.165, 1.54) is 11.1 Å². The summed E-state index contributed by atoms with van der Waals surface area (Å²) in [7, 11) is 0. The van der Waals surface area contributed by atoms with Crippen LogP contribution in [0.2, 0.25) is 0 Å². The molecule has 0 radical (unpaired) electrons. The maximum absolute atomic E-state index is 12.5. The van der Waals surface area contributed by atoms with E-state index in [1.54, 1.807) is 0 Å². The van der Waals surface area contributed by atoms with Crippen LogP contribution in [0.1, 0.15) is 23.6 Å². The number of anilines is 1. The van der Waals surface area contributed by atoms with Gasteiger partial charge in [-0.15, -0.1) is 0 Å². The molecule has 1 amide bonds. The second-order valence-electron chi connectivity index (χ2n) is 5.27. The van der Waals surface area contributed by atoms with Gasteiger partial charge in [-0.05, 0) is 35.6 Å². The van der Waals surface area contributed by atoms with Gasteiger partial charge in [0, 0.05) is 12.2 Å². The predicted octanol–water partition coefficient (Wildman–Crippen LogP) is 3.38. The van der Waals surface area contributed by atoms with E-state index in [2.05, 4.69) is 37.3 Å². The minimum absolute atomic E-state index is 0.194. The largest absolute Gasteiger partial charge is 0.312 e. The van der Waals surface area contributed by atoms with E-state index in [0.29, 0.717) is 6.42 Å². The average Bonchev–Trinajstić information content (AvgIpc) is 2.92. The summed E-state index contributed by atoms with van der Waals surface area (Å²) >= 11 is 0. The Balaban J connectivity index is 1.74. The maximum Gasteiger partial charge on any atom is 0.231 e. The van der Waals surface area contributed by atoms with Gasteiger partial charge in [-0.1, -0.05) is 49.4 Å². The Morgan fingerprint density at radius 3 is 2.50 bits per heavy atom. The molecular weight excluding hydrogens is 246 g/mol. The van der Waals surface area contributed by atoms with Crippen LogP contribution in [0.5, 0.6) is 0 Å². The second kappa shape index (κ2) is 5.49. The fraction of sp³-hybridized carbons (Fsp3) is 0.278. The number of aryl methyl sites for hydroxylation is 1. The molecular formula is C18H19NO. The Bertz CT molecular complexity index is 616. The summed E-state index contributed by atoms with van der Waals surface area (Å²) in [5.41, 5.74) is 4.77. The van der Waals surface area contributed by atoms with Gasteiger partial charge in [-0.3, -0.25) is 4.79 Å². The number of para-hydroxylation sites is 1. The highest BCUT2D eigenvalue weighted by atomic mass is 16.2. The minimum Gasteiger partial charge on any atom is -0.312 e. The van der Waals surface area contributed by atoms with Crippen LogP contribution in [-0.4, -0.2) is 12.5 Å². The lowest BCUT2D eigenvalue weighted by Crippen LogP contribution is -2.30. The van der Waals surface area contributed by atoms with E-state index in [4.69, 9.17) is 0 Å². The number of hydrogen-bond acceptors (Lipinski definition) is 1. The number of fused-ring (bicyclic) bond motifs is 1. The van der Waals surface area contributed by atoms with Gasteiger partial charge in [0.15, 0.2) is 0 Å². The SMILES string of the molecule is CCc1ccc(CC(=O)N2CCc3ccccc32)cc1. The monoisotopic (exact) mass is 265 g/mol. The van der Waals surface area contributed by atoms with Crippen LogP contribution in [0.25, 0.3) is 0 Å². The van der Waals surface area contributed by atoms with Crippen molar-refractivity contribution in [1.29, 1.82) is 0 Å². The molecule has 3 rings (SSSR count). The molecule has 0 saturated carbocycles. The van der Waals surface area contributed by atoms with Gasteiger partial charge < -0.3 is 4.90 Å². The summed E-state index contributed by atoms with van der Waals surface area (Å²) in [6.45, 7) is 2.95. The van der Waals surface area contributed by atoms with Crippen molar-refractivity contribution in [2.75, 3.05) is 11.4 Å². The average molecular weight is 265 g/mol. The molecule has 1 aliphatic rings. The zero-order valence-corrected chi connectivity index (χ0v) is 11.8. The zero-order valence-electron chi connectivity index (χ0n) is 11.8. The van der Waals surface area contributed by atoms with Gasteiger partial charge in [0.2, 0.25) is 5.91 Å². The number of carbonyl (C=O) groups is 1. The van der Waals surface area contributed by atoms with Crippen molar-refractivity contribution in [3.63, 3.8) is 0 Å². The zero-order chi connectivity index (χ0) is 13.9. The Labute approximate surface area is 120 Å². The maximum atomic E-state index is 12.5. The first-order valence-corrected chi connectivity index (χ1v) is 7.24. The van der Waals surface area contributed by atoms with Crippen molar-refractivity contribution < 1.29 is 4.79 Å². The molecule has 2 aromatic carbocycles. The fourth-order valence-corrected chi connectivity index (χ4v) is 2.76. The molecule has 1 heterocycles. The minimum atomic E-state index is 0.194. The molecule has 0 atom stereocenters. The Morgan fingerprint density at radius 2 is 1.75 bits per heavy atom. The molecule has 102 valence electrons. The van der Waals surface area contributed by atoms with Crippen molar-refractivity contribution >= 4 is 11.6 Å². The third kappa shape index (κ3) is 2.46. The third-order valence-electron chi connectivity index (χ3n) is 3.97. The number of benzene rings is 2. The van der Waals surface area contributed by atoms with Gasteiger partial charge in [-0.25, -0.2) is 0 Å². The van der Waals surface area contributed by atoms with Crippen LogP contribution < -0.4 is 4.90 Å².